The molecule has 0 aliphatic heterocycles. The summed E-state index contributed by atoms with van der Waals surface area (Å²) in [5, 5.41) is 8.99. The van der Waals surface area contributed by atoms with Gasteiger partial charge in [-0.3, -0.25) is 19.2 Å². The van der Waals surface area contributed by atoms with E-state index in [-0.39, 0.29) is 18.8 Å². The van der Waals surface area contributed by atoms with Crippen LogP contribution in [-0.4, -0.2) is 62.1 Å². The lowest BCUT2D eigenvalue weighted by Gasteiger charge is -2.24. The molecule has 0 radical (unpaired) electrons. The van der Waals surface area contributed by atoms with Gasteiger partial charge in [0.05, 0.1) is 0 Å². The van der Waals surface area contributed by atoms with Crippen molar-refractivity contribution in [1.82, 2.24) is 16.0 Å². The molecule has 3 N–H and O–H groups in total. The maximum atomic E-state index is 13.1. The van der Waals surface area contributed by atoms with Crippen LogP contribution in [0.3, 0.4) is 0 Å². The first-order chi connectivity index (χ1) is 17.5. The molecular weight excluding hydrogens is 510 g/mol. The summed E-state index contributed by atoms with van der Waals surface area (Å²) in [6, 6.07) is 5.63. The van der Waals surface area contributed by atoms with E-state index >= 15 is 0 Å². The zero-order valence-electron chi connectivity index (χ0n) is 23.2. The lowest BCUT2D eigenvalue weighted by Crippen LogP contribution is -2.54. The third-order valence-electron chi connectivity index (χ3n) is 5.08. The molecule has 0 aliphatic carbocycles. The Bertz CT molecular complexity index is 1090. The van der Waals surface area contributed by atoms with E-state index in [1.807, 2.05) is 13.8 Å². The molecule has 0 bridgehead atoms. The average molecular weight is 552 g/mol. The molecule has 0 heterocycles. The van der Waals surface area contributed by atoms with Crippen LogP contribution in [0, 0.1) is 5.92 Å². The third kappa shape index (κ3) is 13.9. The van der Waals surface area contributed by atoms with Crippen LogP contribution in [0.25, 0.3) is 0 Å². The molecule has 10 nitrogen and oxygen atoms in total. The highest BCUT2D eigenvalue weighted by Crippen LogP contribution is 2.11. The summed E-state index contributed by atoms with van der Waals surface area (Å²) < 4.78 is 28.3. The predicted molar refractivity (Wildman–Crippen MR) is 146 cm³/mol. The Hall–Kier alpha value is -3.21. The van der Waals surface area contributed by atoms with Gasteiger partial charge in [0, 0.05) is 29.7 Å². The molecule has 3 atom stereocenters. The fourth-order valence-electron chi connectivity index (χ4n) is 3.37. The molecule has 0 unspecified atom stereocenters. The molecule has 1 aromatic rings. The fourth-order valence-corrected chi connectivity index (χ4v) is 3.85. The first-order valence-electron chi connectivity index (χ1n) is 12.5. The van der Waals surface area contributed by atoms with Crippen molar-refractivity contribution in [2.24, 2.45) is 5.92 Å². The minimum atomic E-state index is -3.38. The predicted octanol–water partition coefficient (Wildman–Crippen LogP) is 2.50. The topological polar surface area (TPSA) is 148 Å². The van der Waals surface area contributed by atoms with Crippen molar-refractivity contribution in [3.05, 3.63) is 47.4 Å². The summed E-state index contributed by atoms with van der Waals surface area (Å²) in [5.74, 6) is -2.03. The van der Waals surface area contributed by atoms with Gasteiger partial charge in [-0.25, -0.2) is 8.42 Å². The van der Waals surface area contributed by atoms with E-state index in [4.69, 9.17) is 4.74 Å². The Morgan fingerprint density at radius 1 is 0.947 bits per heavy atom. The standard InChI is InChI=1S/C27H41N3O7S/c1-18(2)17-21(15-16-38(7,35)36)29-24(32)19(3)28-26(34)22(13-14-23(31)37-27(4,5)6)30-25(33)20-11-9-8-10-12-20/h8-12,15-16,18-19,21-22H,13-14,17H2,1-7H3,(H,28,34)(H,29,32)(H,30,33)/b16-15+/t19-,21+,22-/m0/s1. The zero-order chi connectivity index (χ0) is 29.1. The number of amides is 3. The molecule has 0 spiro atoms. The third-order valence-corrected chi connectivity index (χ3v) is 5.73. The van der Waals surface area contributed by atoms with Gasteiger partial charge < -0.3 is 20.7 Å². The van der Waals surface area contributed by atoms with Gasteiger partial charge in [0.2, 0.25) is 11.8 Å². The number of hydrogen-bond acceptors (Lipinski definition) is 7. The number of benzene rings is 1. The van der Waals surface area contributed by atoms with Crippen molar-refractivity contribution in [1.29, 1.82) is 0 Å². The van der Waals surface area contributed by atoms with Crippen LogP contribution in [0.2, 0.25) is 0 Å². The summed E-state index contributed by atoms with van der Waals surface area (Å²) in [4.78, 5) is 50.8. The van der Waals surface area contributed by atoms with Gasteiger partial charge >= 0.3 is 5.97 Å². The van der Waals surface area contributed by atoms with Crippen LogP contribution in [0.1, 0.15) is 71.2 Å². The maximum Gasteiger partial charge on any atom is 0.306 e. The molecular formula is C27H41N3O7S. The van der Waals surface area contributed by atoms with Gasteiger partial charge in [0.15, 0.2) is 9.84 Å². The number of ether oxygens (including phenoxy) is 1. The van der Waals surface area contributed by atoms with E-state index in [1.165, 1.54) is 13.0 Å². The van der Waals surface area contributed by atoms with Crippen LogP contribution >= 0.6 is 0 Å². The summed E-state index contributed by atoms with van der Waals surface area (Å²) >= 11 is 0. The largest absolute Gasteiger partial charge is 0.460 e. The van der Waals surface area contributed by atoms with Crippen molar-refractivity contribution in [3.8, 4) is 0 Å². The highest BCUT2D eigenvalue weighted by molar-refractivity contribution is 7.93. The molecule has 0 saturated carbocycles. The normalized spacial score (nSPS) is 14.4. The number of nitrogens with one attached hydrogen (secondary N) is 3. The molecule has 1 rings (SSSR count). The number of carbonyl (C=O) groups excluding carboxylic acids is 4. The second-order valence-corrected chi connectivity index (χ2v) is 12.6. The highest BCUT2D eigenvalue weighted by atomic mass is 32.2. The summed E-state index contributed by atoms with van der Waals surface area (Å²) in [5.41, 5.74) is -0.366. The van der Waals surface area contributed by atoms with Crippen molar-refractivity contribution < 1.29 is 32.3 Å². The van der Waals surface area contributed by atoms with Gasteiger partial charge in [-0.05, 0) is 58.6 Å². The van der Waals surface area contributed by atoms with Gasteiger partial charge in [-0.15, -0.1) is 0 Å². The molecule has 11 heteroatoms. The Kier molecular flexibility index (Phi) is 12.7. The molecule has 0 aromatic heterocycles. The van der Waals surface area contributed by atoms with Gasteiger partial charge in [-0.1, -0.05) is 38.1 Å². The number of hydrogen-bond donors (Lipinski definition) is 3. The van der Waals surface area contributed by atoms with Crippen molar-refractivity contribution in [3.63, 3.8) is 0 Å². The number of esters is 1. The van der Waals surface area contributed by atoms with Crippen LogP contribution in [-0.2, 0) is 29.0 Å². The van der Waals surface area contributed by atoms with Gasteiger partial charge in [0.1, 0.15) is 17.7 Å². The molecule has 38 heavy (non-hydrogen) atoms. The minimum absolute atomic E-state index is 0.0409. The maximum absolute atomic E-state index is 13.1. The van der Waals surface area contributed by atoms with Crippen LogP contribution < -0.4 is 16.0 Å². The Morgan fingerprint density at radius 2 is 1.55 bits per heavy atom. The lowest BCUT2D eigenvalue weighted by atomic mass is 10.0. The summed E-state index contributed by atoms with van der Waals surface area (Å²) in [7, 11) is -3.38. The van der Waals surface area contributed by atoms with Crippen molar-refractivity contribution in [2.45, 2.75) is 84.5 Å². The van der Waals surface area contributed by atoms with Crippen molar-refractivity contribution in [2.75, 3.05) is 6.26 Å². The van der Waals surface area contributed by atoms with Crippen molar-refractivity contribution >= 4 is 33.5 Å². The monoisotopic (exact) mass is 551 g/mol. The quantitative estimate of drug-likeness (QED) is 0.319. The highest BCUT2D eigenvalue weighted by Gasteiger charge is 2.27. The van der Waals surface area contributed by atoms with E-state index in [0.29, 0.717) is 12.0 Å². The molecule has 0 aliphatic rings. The molecule has 0 saturated heterocycles. The van der Waals surface area contributed by atoms with E-state index in [2.05, 4.69) is 16.0 Å². The van der Waals surface area contributed by atoms with Gasteiger partial charge in [-0.2, -0.15) is 0 Å². The molecule has 1 aromatic carbocycles. The first-order valence-corrected chi connectivity index (χ1v) is 14.5. The number of rotatable bonds is 13. The van der Waals surface area contributed by atoms with E-state index in [9.17, 15) is 27.6 Å². The van der Waals surface area contributed by atoms with E-state index < -0.39 is 57.3 Å². The average Bonchev–Trinajstić information content (AvgIpc) is 2.78. The van der Waals surface area contributed by atoms with E-state index in [0.717, 1.165) is 11.7 Å². The lowest BCUT2D eigenvalue weighted by molar-refractivity contribution is -0.155. The SMILES string of the molecule is CC(C)C[C@@H](/C=C/S(C)(=O)=O)NC(=O)[C@H](C)NC(=O)[C@H](CCC(=O)OC(C)(C)C)NC(=O)c1ccccc1. The Labute approximate surface area is 225 Å². The van der Waals surface area contributed by atoms with Crippen LogP contribution in [0.15, 0.2) is 41.8 Å². The molecule has 0 fully saturated rings. The Morgan fingerprint density at radius 3 is 2.08 bits per heavy atom. The zero-order valence-corrected chi connectivity index (χ0v) is 24.1. The summed E-state index contributed by atoms with van der Waals surface area (Å²) in [6.45, 7) is 10.5. The van der Waals surface area contributed by atoms with E-state index in [1.54, 1.807) is 51.1 Å². The number of carbonyl (C=O) groups is 4. The number of sulfone groups is 1. The fraction of sp³-hybridized carbons (Fsp3) is 0.556. The summed E-state index contributed by atoms with van der Waals surface area (Å²) in [6.07, 6.45) is 2.79. The Balaban J connectivity index is 2.96. The first kappa shape index (κ1) is 32.8. The second kappa shape index (κ2) is 14.7. The smallest absolute Gasteiger partial charge is 0.306 e. The minimum Gasteiger partial charge on any atom is -0.460 e. The molecule has 3 amide bonds. The second-order valence-electron chi connectivity index (χ2n) is 10.7. The van der Waals surface area contributed by atoms with Gasteiger partial charge in [0.25, 0.3) is 5.91 Å². The molecule has 212 valence electrons. The van der Waals surface area contributed by atoms with Crippen LogP contribution in [0.4, 0.5) is 0 Å². The van der Waals surface area contributed by atoms with Crippen LogP contribution in [0.5, 0.6) is 0 Å².